The molecule has 0 bridgehead atoms. The highest BCUT2D eigenvalue weighted by molar-refractivity contribution is 5.92. The molecular formula is C41H51N3O5. The molecule has 4 rings (SSSR count). The van der Waals surface area contributed by atoms with Crippen LogP contribution in [0.2, 0.25) is 0 Å². The van der Waals surface area contributed by atoms with E-state index in [0.717, 1.165) is 60.9 Å². The standard InChI is InChI=1S/C41H51N3O5/c1-30(38(45)43-35-24-20-31(21-25-35)16-13-27-44(5)40(47)49-41(2,3)4)28-34-23-22-33(36-18-9-10-19-37(34)36)17-11-12-26-42-39(46)48-29-32-14-7-6-8-15-32/h6-8,14-15,20-25,30H,9-10,12-13,16,18-19,26-29H2,1-5H3,(H,42,46)(H,43,45)/t30-/m0/s1. The number of amides is 3. The van der Waals surface area contributed by atoms with Gasteiger partial charge in [-0.05, 0) is 112 Å². The number of aryl methyl sites for hydroxylation is 1. The second-order valence-electron chi connectivity index (χ2n) is 13.8. The third kappa shape index (κ3) is 12.3. The lowest BCUT2D eigenvalue weighted by atomic mass is 9.82. The van der Waals surface area contributed by atoms with Crippen LogP contribution in [0.25, 0.3) is 0 Å². The molecule has 0 radical (unpaired) electrons. The maximum Gasteiger partial charge on any atom is 0.410 e. The summed E-state index contributed by atoms with van der Waals surface area (Å²) in [6.45, 7) is 8.83. The minimum atomic E-state index is -0.508. The molecule has 1 aliphatic rings. The number of carbonyl (C=O) groups is 3. The van der Waals surface area contributed by atoms with E-state index in [4.69, 9.17) is 9.47 Å². The Morgan fingerprint density at radius 2 is 1.63 bits per heavy atom. The third-order valence-electron chi connectivity index (χ3n) is 8.45. The van der Waals surface area contributed by atoms with Gasteiger partial charge in [-0.25, -0.2) is 9.59 Å². The van der Waals surface area contributed by atoms with Gasteiger partial charge in [-0.1, -0.05) is 67.3 Å². The Kier molecular flexibility index (Phi) is 13.7. The fourth-order valence-corrected chi connectivity index (χ4v) is 5.80. The molecule has 8 nitrogen and oxygen atoms in total. The zero-order valence-electron chi connectivity index (χ0n) is 29.7. The van der Waals surface area contributed by atoms with Crippen molar-refractivity contribution in [2.75, 3.05) is 25.5 Å². The lowest BCUT2D eigenvalue weighted by Crippen LogP contribution is -2.34. The van der Waals surface area contributed by atoms with Gasteiger partial charge in [0.25, 0.3) is 0 Å². The molecule has 0 fully saturated rings. The number of carbonyl (C=O) groups excluding carboxylic acids is 3. The van der Waals surface area contributed by atoms with Crippen molar-refractivity contribution in [3.05, 3.63) is 100 Å². The lowest BCUT2D eigenvalue weighted by molar-refractivity contribution is -0.119. The smallest absolute Gasteiger partial charge is 0.410 e. The summed E-state index contributed by atoms with van der Waals surface area (Å²) in [6, 6.07) is 21.7. The first-order chi connectivity index (χ1) is 23.5. The van der Waals surface area contributed by atoms with Gasteiger partial charge in [0.05, 0.1) is 0 Å². The summed E-state index contributed by atoms with van der Waals surface area (Å²) in [5.74, 6) is 6.34. The second-order valence-corrected chi connectivity index (χ2v) is 13.8. The van der Waals surface area contributed by atoms with Gasteiger partial charge in [0.2, 0.25) is 5.91 Å². The van der Waals surface area contributed by atoms with Crippen molar-refractivity contribution < 1.29 is 23.9 Å². The third-order valence-corrected chi connectivity index (χ3v) is 8.45. The summed E-state index contributed by atoms with van der Waals surface area (Å²) < 4.78 is 10.7. The van der Waals surface area contributed by atoms with Crippen LogP contribution in [0.15, 0.2) is 66.7 Å². The van der Waals surface area contributed by atoms with E-state index in [1.54, 1.807) is 11.9 Å². The number of hydrogen-bond donors (Lipinski definition) is 2. The van der Waals surface area contributed by atoms with Crippen LogP contribution in [-0.4, -0.2) is 48.7 Å². The van der Waals surface area contributed by atoms with Crippen LogP contribution in [0.1, 0.15) is 86.8 Å². The fourth-order valence-electron chi connectivity index (χ4n) is 5.80. The summed E-state index contributed by atoms with van der Waals surface area (Å²) in [4.78, 5) is 39.0. The van der Waals surface area contributed by atoms with Crippen molar-refractivity contribution in [1.82, 2.24) is 10.2 Å². The number of alkyl carbamates (subject to hydrolysis) is 1. The minimum Gasteiger partial charge on any atom is -0.445 e. The number of anilines is 1. The number of rotatable bonds is 12. The van der Waals surface area contributed by atoms with E-state index in [2.05, 4.69) is 34.6 Å². The molecule has 1 aliphatic carbocycles. The van der Waals surface area contributed by atoms with Crippen LogP contribution < -0.4 is 10.6 Å². The van der Waals surface area contributed by atoms with E-state index in [0.29, 0.717) is 25.9 Å². The van der Waals surface area contributed by atoms with Crippen LogP contribution in [0.3, 0.4) is 0 Å². The maximum atomic E-state index is 13.2. The second kappa shape index (κ2) is 18.1. The quantitative estimate of drug-likeness (QED) is 0.152. The number of ether oxygens (including phenoxy) is 2. The van der Waals surface area contributed by atoms with Crippen molar-refractivity contribution in [3.63, 3.8) is 0 Å². The molecule has 0 spiro atoms. The number of nitrogens with zero attached hydrogens (tertiary/aromatic N) is 1. The van der Waals surface area contributed by atoms with Gasteiger partial charge in [0, 0.05) is 43.7 Å². The van der Waals surface area contributed by atoms with Crippen LogP contribution in [0, 0.1) is 17.8 Å². The topological polar surface area (TPSA) is 97.0 Å². The molecule has 0 saturated heterocycles. The van der Waals surface area contributed by atoms with Gasteiger partial charge in [-0.2, -0.15) is 0 Å². The number of fused-ring (bicyclic) bond motifs is 1. The van der Waals surface area contributed by atoms with E-state index in [-0.39, 0.29) is 24.5 Å². The fraction of sp³-hybridized carbons (Fsp3) is 0.439. The maximum absolute atomic E-state index is 13.2. The Balaban J connectivity index is 1.24. The first-order valence-corrected chi connectivity index (χ1v) is 17.4. The van der Waals surface area contributed by atoms with E-state index >= 15 is 0 Å². The number of nitrogens with one attached hydrogen (secondary N) is 2. The van der Waals surface area contributed by atoms with Crippen LogP contribution in [0.5, 0.6) is 0 Å². The van der Waals surface area contributed by atoms with Gasteiger partial charge in [0.15, 0.2) is 0 Å². The molecule has 260 valence electrons. The first-order valence-electron chi connectivity index (χ1n) is 17.4. The molecule has 1 atom stereocenters. The lowest BCUT2D eigenvalue weighted by Gasteiger charge is -2.24. The van der Waals surface area contributed by atoms with Crippen molar-refractivity contribution in [2.24, 2.45) is 5.92 Å². The van der Waals surface area contributed by atoms with Crippen molar-refractivity contribution in [3.8, 4) is 11.8 Å². The highest BCUT2D eigenvalue weighted by Crippen LogP contribution is 2.29. The van der Waals surface area contributed by atoms with Gasteiger partial charge < -0.3 is 25.0 Å². The summed E-state index contributed by atoms with van der Waals surface area (Å²) in [6.07, 6.45) is 6.33. The molecule has 0 aliphatic heterocycles. The monoisotopic (exact) mass is 665 g/mol. The average molecular weight is 666 g/mol. The Morgan fingerprint density at radius 1 is 0.918 bits per heavy atom. The Labute approximate surface area is 292 Å². The zero-order valence-corrected chi connectivity index (χ0v) is 29.7. The van der Waals surface area contributed by atoms with Crippen molar-refractivity contribution in [2.45, 2.75) is 91.3 Å². The van der Waals surface area contributed by atoms with Gasteiger partial charge in [-0.3, -0.25) is 4.79 Å². The van der Waals surface area contributed by atoms with E-state index in [1.165, 1.54) is 16.7 Å². The van der Waals surface area contributed by atoms with Crippen molar-refractivity contribution in [1.29, 1.82) is 0 Å². The molecule has 0 heterocycles. The Hall–Kier alpha value is -4.77. The molecule has 0 unspecified atom stereocenters. The van der Waals surface area contributed by atoms with E-state index in [1.807, 2.05) is 82.3 Å². The van der Waals surface area contributed by atoms with Gasteiger partial charge >= 0.3 is 12.2 Å². The average Bonchev–Trinajstić information content (AvgIpc) is 3.08. The Morgan fingerprint density at radius 3 is 2.35 bits per heavy atom. The zero-order chi connectivity index (χ0) is 35.2. The molecule has 3 aromatic carbocycles. The highest BCUT2D eigenvalue weighted by atomic mass is 16.6. The largest absolute Gasteiger partial charge is 0.445 e. The summed E-state index contributed by atoms with van der Waals surface area (Å²) in [5, 5.41) is 5.85. The first kappa shape index (κ1) is 37.1. The van der Waals surface area contributed by atoms with Crippen LogP contribution >= 0.6 is 0 Å². The predicted molar refractivity (Wildman–Crippen MR) is 194 cm³/mol. The molecule has 0 aromatic heterocycles. The molecule has 3 amide bonds. The van der Waals surface area contributed by atoms with Crippen LogP contribution in [-0.2, 0) is 46.6 Å². The van der Waals surface area contributed by atoms with Gasteiger partial charge in [-0.15, -0.1) is 0 Å². The Bertz CT molecular complexity index is 1620. The summed E-state index contributed by atoms with van der Waals surface area (Å²) in [5.41, 5.74) is 7.26. The van der Waals surface area contributed by atoms with E-state index in [9.17, 15) is 14.4 Å². The SMILES string of the molecule is C[C@@H](Cc1ccc(C#CCCNC(=O)OCc2ccccc2)c2c1CCCC2)C(=O)Nc1ccc(CCCN(C)C(=O)OC(C)(C)C)cc1. The van der Waals surface area contributed by atoms with E-state index < -0.39 is 11.7 Å². The normalized spacial score (nSPS) is 12.8. The van der Waals surface area contributed by atoms with Gasteiger partial charge in [0.1, 0.15) is 12.2 Å². The molecule has 49 heavy (non-hydrogen) atoms. The molecule has 8 heteroatoms. The summed E-state index contributed by atoms with van der Waals surface area (Å²) >= 11 is 0. The highest BCUT2D eigenvalue weighted by Gasteiger charge is 2.21. The molecule has 0 saturated carbocycles. The summed E-state index contributed by atoms with van der Waals surface area (Å²) in [7, 11) is 1.75. The van der Waals surface area contributed by atoms with Crippen LogP contribution in [0.4, 0.5) is 15.3 Å². The molecule has 2 N–H and O–H groups in total. The molecular weight excluding hydrogens is 614 g/mol. The number of hydrogen-bond acceptors (Lipinski definition) is 5. The minimum absolute atomic E-state index is 0.00467. The predicted octanol–water partition coefficient (Wildman–Crippen LogP) is 7.85. The number of benzene rings is 3. The van der Waals surface area contributed by atoms with Crippen molar-refractivity contribution >= 4 is 23.8 Å². The molecule has 3 aromatic rings.